The summed E-state index contributed by atoms with van der Waals surface area (Å²) in [5, 5.41) is 2.89. The van der Waals surface area contributed by atoms with Crippen LogP contribution in [0, 0.1) is 13.8 Å². The summed E-state index contributed by atoms with van der Waals surface area (Å²) in [6.07, 6.45) is 2.26. The van der Waals surface area contributed by atoms with Gasteiger partial charge in [-0.2, -0.15) is 0 Å². The summed E-state index contributed by atoms with van der Waals surface area (Å²) in [5.74, 6) is 1.18. The van der Waals surface area contributed by atoms with E-state index in [1.54, 1.807) is 36.5 Å². The number of carbonyl (C=O) groups excluding carboxylic acids is 2. The molecule has 0 bridgehead atoms. The molecule has 0 saturated heterocycles. The second-order valence-corrected chi connectivity index (χ2v) is 10.1. The van der Waals surface area contributed by atoms with Gasteiger partial charge in [0.1, 0.15) is 6.54 Å². The van der Waals surface area contributed by atoms with Crippen molar-refractivity contribution < 1.29 is 19.1 Å². The summed E-state index contributed by atoms with van der Waals surface area (Å²) in [6, 6.07) is 17.1. The fourth-order valence-electron chi connectivity index (χ4n) is 3.91. The van der Waals surface area contributed by atoms with Crippen LogP contribution in [-0.4, -0.2) is 55.6 Å². The zero-order valence-corrected chi connectivity index (χ0v) is 22.8. The van der Waals surface area contributed by atoms with Crippen molar-refractivity contribution in [3.63, 3.8) is 0 Å². The minimum absolute atomic E-state index is 0.0556. The molecular weight excluding hydrogens is 486 g/mol. The van der Waals surface area contributed by atoms with E-state index >= 15 is 0 Å². The van der Waals surface area contributed by atoms with Gasteiger partial charge in [-0.1, -0.05) is 24.3 Å². The van der Waals surface area contributed by atoms with Crippen LogP contribution in [-0.2, 0) is 17.8 Å². The molecular formula is C29H35N3O4S. The lowest BCUT2D eigenvalue weighted by Gasteiger charge is -2.27. The van der Waals surface area contributed by atoms with E-state index in [2.05, 4.69) is 18.0 Å². The predicted molar refractivity (Wildman–Crippen MR) is 150 cm³/mol. The first-order chi connectivity index (χ1) is 17.8. The fourth-order valence-corrected chi connectivity index (χ4v) is 4.82. The molecule has 196 valence electrons. The van der Waals surface area contributed by atoms with Gasteiger partial charge in [0.15, 0.2) is 11.5 Å². The zero-order valence-electron chi connectivity index (χ0n) is 22.0. The summed E-state index contributed by atoms with van der Waals surface area (Å²) in [7, 11) is 3.21. The number of nitrogens with zero attached hydrogens (tertiary/aromatic N) is 2. The summed E-state index contributed by atoms with van der Waals surface area (Å²) < 4.78 is 10.8. The maximum Gasteiger partial charge on any atom is 0.322 e. The van der Waals surface area contributed by atoms with E-state index in [0.717, 1.165) is 16.0 Å². The van der Waals surface area contributed by atoms with Gasteiger partial charge in [0.25, 0.3) is 0 Å². The van der Waals surface area contributed by atoms with Crippen LogP contribution in [0.5, 0.6) is 11.5 Å². The molecule has 0 saturated carbocycles. The average Bonchev–Trinajstić information content (AvgIpc) is 3.30. The highest BCUT2D eigenvalue weighted by atomic mass is 32.1. The Balaban J connectivity index is 1.74. The third-order valence-corrected chi connectivity index (χ3v) is 6.83. The van der Waals surface area contributed by atoms with Crippen LogP contribution in [0.25, 0.3) is 0 Å². The van der Waals surface area contributed by atoms with E-state index in [1.807, 2.05) is 62.4 Å². The Morgan fingerprint density at radius 3 is 2.43 bits per heavy atom. The molecule has 3 amide bonds. The van der Waals surface area contributed by atoms with Crippen LogP contribution in [0.3, 0.4) is 0 Å². The molecule has 7 nitrogen and oxygen atoms in total. The first-order valence-corrected chi connectivity index (χ1v) is 12.9. The summed E-state index contributed by atoms with van der Waals surface area (Å²) in [6.45, 7) is 8.95. The van der Waals surface area contributed by atoms with E-state index in [1.165, 1.54) is 9.78 Å². The molecule has 0 fully saturated rings. The highest BCUT2D eigenvalue weighted by molar-refractivity contribution is 7.11. The van der Waals surface area contributed by atoms with E-state index in [9.17, 15) is 9.59 Å². The number of benzene rings is 2. The normalized spacial score (nSPS) is 10.5. The number of ether oxygens (including phenoxy) is 2. The Morgan fingerprint density at radius 2 is 1.78 bits per heavy atom. The molecule has 2 aromatic carbocycles. The summed E-state index contributed by atoms with van der Waals surface area (Å²) >= 11 is 1.67. The van der Waals surface area contributed by atoms with Gasteiger partial charge in [0.2, 0.25) is 5.91 Å². The van der Waals surface area contributed by atoms with Crippen molar-refractivity contribution in [3.8, 4) is 11.5 Å². The van der Waals surface area contributed by atoms with Gasteiger partial charge in [-0.15, -0.1) is 17.9 Å². The number of rotatable bonds is 12. The number of aryl methyl sites for hydroxylation is 2. The predicted octanol–water partition coefficient (Wildman–Crippen LogP) is 5.67. The lowest BCUT2D eigenvalue weighted by Crippen LogP contribution is -2.44. The molecule has 0 unspecified atom stereocenters. The minimum Gasteiger partial charge on any atom is -0.493 e. The quantitative estimate of drug-likeness (QED) is 0.312. The molecule has 0 aliphatic heterocycles. The van der Waals surface area contributed by atoms with Gasteiger partial charge in [0, 0.05) is 28.5 Å². The highest BCUT2D eigenvalue weighted by Gasteiger charge is 2.22. The van der Waals surface area contributed by atoms with Crippen molar-refractivity contribution in [2.75, 3.05) is 39.2 Å². The number of urea groups is 1. The number of thiophene rings is 1. The van der Waals surface area contributed by atoms with Gasteiger partial charge in [-0.25, -0.2) is 4.79 Å². The number of hydrogen-bond acceptors (Lipinski definition) is 5. The molecule has 0 radical (unpaired) electrons. The molecule has 0 atom stereocenters. The van der Waals surface area contributed by atoms with Crippen molar-refractivity contribution in [2.45, 2.75) is 26.8 Å². The van der Waals surface area contributed by atoms with Crippen molar-refractivity contribution in [1.29, 1.82) is 0 Å². The van der Waals surface area contributed by atoms with Gasteiger partial charge in [0.05, 0.1) is 20.8 Å². The van der Waals surface area contributed by atoms with Crippen LogP contribution in [0.1, 0.15) is 20.9 Å². The maximum absolute atomic E-state index is 13.5. The number of anilines is 1. The summed E-state index contributed by atoms with van der Waals surface area (Å²) in [4.78, 5) is 32.1. The molecule has 0 aliphatic carbocycles. The second kappa shape index (κ2) is 13.5. The van der Waals surface area contributed by atoms with E-state index in [4.69, 9.17) is 9.47 Å². The lowest BCUT2D eigenvalue weighted by atomic mass is 10.1. The van der Waals surface area contributed by atoms with E-state index in [-0.39, 0.29) is 25.0 Å². The minimum atomic E-state index is -0.342. The molecule has 3 aromatic rings. The fraction of sp³-hybridized carbons (Fsp3) is 0.310. The second-order valence-electron chi connectivity index (χ2n) is 8.74. The molecule has 3 rings (SSSR count). The summed E-state index contributed by atoms with van der Waals surface area (Å²) in [5.41, 5.74) is 2.75. The van der Waals surface area contributed by atoms with Crippen molar-refractivity contribution in [3.05, 3.63) is 88.1 Å². The Labute approximate surface area is 223 Å². The molecule has 0 aliphatic rings. The van der Waals surface area contributed by atoms with Crippen LogP contribution < -0.4 is 14.8 Å². The molecule has 1 aromatic heterocycles. The van der Waals surface area contributed by atoms with Crippen molar-refractivity contribution >= 4 is 29.0 Å². The van der Waals surface area contributed by atoms with Crippen LogP contribution >= 0.6 is 11.3 Å². The largest absolute Gasteiger partial charge is 0.493 e. The van der Waals surface area contributed by atoms with Gasteiger partial charge >= 0.3 is 6.03 Å². The number of amides is 3. The van der Waals surface area contributed by atoms with E-state index < -0.39 is 0 Å². The third-order valence-electron chi connectivity index (χ3n) is 5.85. The Kier molecular flexibility index (Phi) is 10.1. The van der Waals surface area contributed by atoms with Gasteiger partial charge < -0.3 is 24.6 Å². The molecule has 0 spiro atoms. The van der Waals surface area contributed by atoms with Crippen molar-refractivity contribution in [1.82, 2.24) is 9.80 Å². The standard InChI is InChI=1S/C29H35N3O4S/c1-6-15-32(29(34)30-24-9-7-8-21(2)17-24)20-28(33)31(19-25-12-10-22(3)37-25)16-14-23-11-13-26(35-4)27(18-23)36-5/h6-13,17-18H,1,14-16,19-20H2,2-5H3,(H,30,34). The molecule has 1 N–H and O–H groups in total. The number of carbonyl (C=O) groups is 2. The number of nitrogens with one attached hydrogen (secondary N) is 1. The Hall–Kier alpha value is -3.78. The van der Waals surface area contributed by atoms with Gasteiger partial charge in [-0.3, -0.25) is 4.79 Å². The van der Waals surface area contributed by atoms with Gasteiger partial charge in [-0.05, 0) is 67.8 Å². The topological polar surface area (TPSA) is 71.1 Å². The monoisotopic (exact) mass is 521 g/mol. The zero-order chi connectivity index (χ0) is 26.8. The average molecular weight is 522 g/mol. The van der Waals surface area contributed by atoms with Crippen LogP contribution in [0.4, 0.5) is 10.5 Å². The van der Waals surface area contributed by atoms with Crippen LogP contribution in [0.2, 0.25) is 0 Å². The first kappa shape index (κ1) is 27.8. The molecule has 37 heavy (non-hydrogen) atoms. The van der Waals surface area contributed by atoms with Crippen LogP contribution in [0.15, 0.2) is 67.3 Å². The molecule has 1 heterocycles. The lowest BCUT2D eigenvalue weighted by molar-refractivity contribution is -0.132. The van der Waals surface area contributed by atoms with Crippen molar-refractivity contribution in [2.24, 2.45) is 0 Å². The highest BCUT2D eigenvalue weighted by Crippen LogP contribution is 2.28. The third kappa shape index (κ3) is 8.11. The first-order valence-electron chi connectivity index (χ1n) is 12.1. The SMILES string of the molecule is C=CCN(CC(=O)N(CCc1ccc(OC)c(OC)c1)Cc1ccc(C)s1)C(=O)Nc1cccc(C)c1. The molecule has 8 heteroatoms. The van der Waals surface area contributed by atoms with E-state index in [0.29, 0.717) is 36.7 Å². The smallest absolute Gasteiger partial charge is 0.322 e. The number of methoxy groups -OCH3 is 2. The number of hydrogen-bond donors (Lipinski definition) is 1. The maximum atomic E-state index is 13.5. The Morgan fingerprint density at radius 1 is 1.00 bits per heavy atom. The Bertz CT molecular complexity index is 1220.